The van der Waals surface area contributed by atoms with Gasteiger partial charge in [-0.2, -0.15) is 0 Å². The maximum Gasteiger partial charge on any atom is 0.243 e. The molecule has 26 heavy (non-hydrogen) atoms. The van der Waals surface area contributed by atoms with Crippen LogP contribution in [0.3, 0.4) is 0 Å². The first-order valence-electron chi connectivity index (χ1n) is 8.58. The fourth-order valence-electron chi connectivity index (χ4n) is 2.54. The second kappa shape index (κ2) is 9.46. The number of ether oxygens (including phenoxy) is 1. The lowest BCUT2D eigenvalue weighted by Gasteiger charge is -2.24. The van der Waals surface area contributed by atoms with E-state index in [4.69, 9.17) is 10.5 Å². The Morgan fingerprint density at radius 3 is 2.27 bits per heavy atom. The monoisotopic (exact) mass is 355 g/mol. The first-order valence-corrected chi connectivity index (χ1v) is 8.58. The number of hydrogen-bond acceptors (Lipinski definition) is 4. The standard InChI is InChI=1S/C20H25N3O3/c1-3-15-4-6-16(7-5-15)22-20(25)14-23(13-12-19(21)24)17-8-10-18(26-2)11-9-17/h4-11H,3,12-14H2,1-2H3,(H2,21,24)(H,22,25). The highest BCUT2D eigenvalue weighted by atomic mass is 16.5. The van der Waals surface area contributed by atoms with Gasteiger partial charge in [0.25, 0.3) is 0 Å². The Morgan fingerprint density at radius 2 is 1.73 bits per heavy atom. The van der Waals surface area contributed by atoms with E-state index in [1.54, 1.807) is 7.11 Å². The first kappa shape index (κ1) is 19.3. The Bertz CT molecular complexity index is 727. The summed E-state index contributed by atoms with van der Waals surface area (Å²) in [7, 11) is 1.59. The van der Waals surface area contributed by atoms with Crippen LogP contribution < -0.4 is 20.7 Å². The fraction of sp³-hybridized carbons (Fsp3) is 0.300. The van der Waals surface area contributed by atoms with E-state index in [9.17, 15) is 9.59 Å². The van der Waals surface area contributed by atoms with Crippen LogP contribution in [0.1, 0.15) is 18.9 Å². The number of carbonyl (C=O) groups is 2. The quantitative estimate of drug-likeness (QED) is 0.724. The van der Waals surface area contributed by atoms with Gasteiger partial charge in [-0.25, -0.2) is 0 Å². The smallest absolute Gasteiger partial charge is 0.243 e. The number of methoxy groups -OCH3 is 1. The molecule has 138 valence electrons. The van der Waals surface area contributed by atoms with Crippen molar-refractivity contribution in [2.75, 3.05) is 30.4 Å². The fourth-order valence-corrected chi connectivity index (χ4v) is 2.54. The number of nitrogens with zero attached hydrogens (tertiary/aromatic N) is 1. The second-order valence-electron chi connectivity index (χ2n) is 5.93. The van der Waals surface area contributed by atoms with E-state index in [0.717, 1.165) is 23.5 Å². The molecule has 0 saturated carbocycles. The van der Waals surface area contributed by atoms with Crippen molar-refractivity contribution >= 4 is 23.2 Å². The van der Waals surface area contributed by atoms with Crippen molar-refractivity contribution < 1.29 is 14.3 Å². The maximum absolute atomic E-state index is 12.4. The predicted molar refractivity (Wildman–Crippen MR) is 103 cm³/mol. The van der Waals surface area contributed by atoms with Crippen LogP contribution in [0.5, 0.6) is 5.75 Å². The summed E-state index contributed by atoms with van der Waals surface area (Å²) in [5.41, 5.74) is 8.04. The number of aryl methyl sites for hydroxylation is 1. The van der Waals surface area contributed by atoms with Crippen LogP contribution in [-0.4, -0.2) is 32.0 Å². The molecule has 2 rings (SSSR count). The molecule has 6 heteroatoms. The van der Waals surface area contributed by atoms with E-state index >= 15 is 0 Å². The summed E-state index contributed by atoms with van der Waals surface area (Å²) in [5, 5.41) is 2.88. The highest BCUT2D eigenvalue weighted by Gasteiger charge is 2.13. The normalized spacial score (nSPS) is 10.2. The van der Waals surface area contributed by atoms with Gasteiger partial charge in [0.2, 0.25) is 11.8 Å². The van der Waals surface area contributed by atoms with Crippen molar-refractivity contribution in [3.8, 4) is 5.75 Å². The Morgan fingerprint density at radius 1 is 1.08 bits per heavy atom. The highest BCUT2D eigenvalue weighted by Crippen LogP contribution is 2.19. The number of anilines is 2. The van der Waals surface area contributed by atoms with E-state index in [-0.39, 0.29) is 18.9 Å². The molecule has 0 aliphatic rings. The van der Waals surface area contributed by atoms with Gasteiger partial charge in [0.15, 0.2) is 0 Å². The molecule has 0 aliphatic carbocycles. The van der Waals surface area contributed by atoms with Gasteiger partial charge in [-0.1, -0.05) is 19.1 Å². The zero-order valence-electron chi connectivity index (χ0n) is 15.2. The lowest BCUT2D eigenvalue weighted by Crippen LogP contribution is -2.35. The third kappa shape index (κ3) is 5.81. The number of carbonyl (C=O) groups excluding carboxylic acids is 2. The summed E-state index contributed by atoms with van der Waals surface area (Å²) in [6.45, 7) is 2.57. The lowest BCUT2D eigenvalue weighted by molar-refractivity contribution is -0.118. The number of nitrogens with two attached hydrogens (primary N) is 1. The number of hydrogen-bond donors (Lipinski definition) is 2. The van der Waals surface area contributed by atoms with Crippen LogP contribution in [0, 0.1) is 0 Å². The Hall–Kier alpha value is -3.02. The van der Waals surface area contributed by atoms with Crippen LogP contribution in [0.4, 0.5) is 11.4 Å². The van der Waals surface area contributed by atoms with Gasteiger partial charge in [-0.3, -0.25) is 9.59 Å². The largest absolute Gasteiger partial charge is 0.497 e. The van der Waals surface area contributed by atoms with E-state index in [2.05, 4.69) is 12.2 Å². The third-order valence-electron chi connectivity index (χ3n) is 4.05. The average Bonchev–Trinajstić information content (AvgIpc) is 2.65. The maximum atomic E-state index is 12.4. The summed E-state index contributed by atoms with van der Waals surface area (Å²) in [6, 6.07) is 15.1. The van der Waals surface area contributed by atoms with E-state index in [1.165, 1.54) is 5.56 Å². The Labute approximate surface area is 153 Å². The van der Waals surface area contributed by atoms with Crippen LogP contribution >= 0.6 is 0 Å². The van der Waals surface area contributed by atoms with Gasteiger partial charge < -0.3 is 20.7 Å². The lowest BCUT2D eigenvalue weighted by atomic mass is 10.1. The third-order valence-corrected chi connectivity index (χ3v) is 4.05. The molecule has 2 amide bonds. The molecule has 0 aliphatic heterocycles. The highest BCUT2D eigenvalue weighted by molar-refractivity contribution is 5.94. The van der Waals surface area contributed by atoms with E-state index in [1.807, 2.05) is 53.4 Å². The molecule has 0 aromatic heterocycles. The molecular weight excluding hydrogens is 330 g/mol. The van der Waals surface area contributed by atoms with E-state index < -0.39 is 5.91 Å². The Kier molecular flexibility index (Phi) is 7.02. The molecule has 2 aromatic carbocycles. The molecule has 0 saturated heterocycles. The van der Waals surface area contributed by atoms with Gasteiger partial charge in [0, 0.05) is 24.3 Å². The molecule has 0 fully saturated rings. The van der Waals surface area contributed by atoms with Crippen LogP contribution in [0.15, 0.2) is 48.5 Å². The van der Waals surface area contributed by atoms with Crippen molar-refractivity contribution in [2.45, 2.75) is 19.8 Å². The Balaban J connectivity index is 2.05. The van der Waals surface area contributed by atoms with Crippen LogP contribution in [-0.2, 0) is 16.0 Å². The second-order valence-corrected chi connectivity index (χ2v) is 5.93. The molecule has 0 spiro atoms. The summed E-state index contributed by atoms with van der Waals surface area (Å²) in [4.78, 5) is 25.4. The van der Waals surface area contributed by atoms with Crippen molar-refractivity contribution in [1.29, 1.82) is 0 Å². The minimum atomic E-state index is -0.404. The zero-order valence-corrected chi connectivity index (χ0v) is 15.2. The molecule has 6 nitrogen and oxygen atoms in total. The zero-order chi connectivity index (χ0) is 18.9. The molecule has 0 atom stereocenters. The molecule has 0 radical (unpaired) electrons. The molecule has 2 aromatic rings. The summed E-state index contributed by atoms with van der Waals surface area (Å²) >= 11 is 0. The summed E-state index contributed by atoms with van der Waals surface area (Å²) in [5.74, 6) is 0.165. The number of primary amides is 1. The number of rotatable bonds is 9. The molecular formula is C20H25N3O3. The van der Waals surface area contributed by atoms with Gasteiger partial charge >= 0.3 is 0 Å². The average molecular weight is 355 g/mol. The van der Waals surface area contributed by atoms with Crippen molar-refractivity contribution in [2.24, 2.45) is 5.73 Å². The number of nitrogens with one attached hydrogen (secondary N) is 1. The number of benzene rings is 2. The van der Waals surface area contributed by atoms with Crippen molar-refractivity contribution in [3.63, 3.8) is 0 Å². The minimum Gasteiger partial charge on any atom is -0.497 e. The van der Waals surface area contributed by atoms with E-state index in [0.29, 0.717) is 6.54 Å². The summed E-state index contributed by atoms with van der Waals surface area (Å²) < 4.78 is 5.15. The minimum absolute atomic E-state index is 0.120. The molecule has 0 bridgehead atoms. The van der Waals surface area contributed by atoms with Crippen LogP contribution in [0.25, 0.3) is 0 Å². The van der Waals surface area contributed by atoms with Crippen molar-refractivity contribution in [3.05, 3.63) is 54.1 Å². The van der Waals surface area contributed by atoms with Crippen molar-refractivity contribution in [1.82, 2.24) is 0 Å². The van der Waals surface area contributed by atoms with Crippen LogP contribution in [0.2, 0.25) is 0 Å². The molecule has 3 N–H and O–H groups in total. The van der Waals surface area contributed by atoms with Gasteiger partial charge in [0.05, 0.1) is 13.7 Å². The summed E-state index contributed by atoms with van der Waals surface area (Å²) in [6.07, 6.45) is 1.12. The predicted octanol–water partition coefficient (Wildman–Crippen LogP) is 2.58. The van der Waals surface area contributed by atoms with Gasteiger partial charge in [0.1, 0.15) is 5.75 Å². The first-order chi connectivity index (χ1) is 12.5. The molecule has 0 heterocycles. The van der Waals surface area contributed by atoms with Gasteiger partial charge in [-0.05, 0) is 48.4 Å². The SMILES string of the molecule is CCc1ccc(NC(=O)CN(CCC(N)=O)c2ccc(OC)cc2)cc1. The molecule has 0 unspecified atom stereocenters. The number of amides is 2. The topological polar surface area (TPSA) is 84.7 Å². The van der Waals surface area contributed by atoms with Gasteiger partial charge in [-0.15, -0.1) is 0 Å².